The van der Waals surface area contributed by atoms with Crippen LogP contribution in [0, 0.1) is 0 Å². The van der Waals surface area contributed by atoms with Crippen LogP contribution in [0.2, 0.25) is 36.3 Å². The van der Waals surface area contributed by atoms with Crippen LogP contribution >= 0.6 is 15.6 Å². The zero-order valence-corrected chi connectivity index (χ0v) is 30.6. The number of ether oxygens (including phenoxy) is 2. The van der Waals surface area contributed by atoms with Gasteiger partial charge in [-0.05, 0) is 50.1 Å². The summed E-state index contributed by atoms with van der Waals surface area (Å²) in [7, 11) is -10.0. The molecule has 2 aliphatic heterocycles. The Morgan fingerprint density at radius 3 is 1.68 bits per heavy atom. The maximum atomic E-state index is 11.8. The van der Waals surface area contributed by atoms with Crippen molar-refractivity contribution in [3.8, 4) is 0 Å². The summed E-state index contributed by atoms with van der Waals surface area (Å²) in [6, 6.07) is 0. The van der Waals surface area contributed by atoms with Crippen molar-refractivity contribution in [2.45, 2.75) is 140 Å². The van der Waals surface area contributed by atoms with E-state index in [0.29, 0.717) is 0 Å². The first-order valence-electron chi connectivity index (χ1n) is 14.1. The maximum absolute atomic E-state index is 11.8. The Kier molecular flexibility index (Phi) is 12.1. The lowest BCUT2D eigenvalue weighted by atomic mass is 10.1. The standard InChI is InChI=1S/C26H54O10P2Si2/c1-17-21(35-39(11,12)25(3,4)5)23(33-37(28)29)20(32-17)16-30-38(9,10)34-24-19(15-27)31-18(2)22(24)36-40(13,14)26(6,7)8/h17-24,27H,9,15-16H2,1-8,10-14H3/p+1/t17-,18-,19+,20+,21+,22+,23?,24?,38?/m0/s1. The van der Waals surface area contributed by atoms with Gasteiger partial charge >= 0.3 is 8.25 Å². The fraction of sp³-hybridized carbons (Fsp3) is 0.962. The molecule has 2 saturated heterocycles. The molecule has 0 aromatic rings. The molecule has 0 saturated carbocycles. The van der Waals surface area contributed by atoms with Crippen LogP contribution in [0.15, 0.2) is 0 Å². The molecule has 0 spiro atoms. The summed E-state index contributed by atoms with van der Waals surface area (Å²) >= 11 is 0. The maximum Gasteiger partial charge on any atom is 0.695 e. The molecule has 2 aliphatic rings. The number of hydrogen-bond acceptors (Lipinski definition) is 9. The van der Waals surface area contributed by atoms with Gasteiger partial charge in [-0.2, -0.15) is 0 Å². The Labute approximate surface area is 245 Å². The SMILES string of the molecule is C=P(C)(OC[C@H]1O[C@@H](C)[C@@H](O[Si](C)(C)C(C)(C)C)C1O[P+](=O)O)OC1[C@@H](CO)O[C@@H](C)[C@H]1O[Si](C)(C)C(C)(C)C. The summed E-state index contributed by atoms with van der Waals surface area (Å²) in [5.74, 6) is 0. The fourth-order valence-electron chi connectivity index (χ4n) is 4.34. The van der Waals surface area contributed by atoms with Gasteiger partial charge in [0.25, 0.3) is 0 Å². The minimum Gasteiger partial charge on any atom is -0.409 e. The molecule has 0 amide bonds. The fourth-order valence-corrected chi connectivity index (χ4v) is 8.82. The quantitative estimate of drug-likeness (QED) is 0.203. The summed E-state index contributed by atoms with van der Waals surface area (Å²) in [5, 5.41) is 9.98. The molecule has 0 bridgehead atoms. The molecule has 2 N–H and O–H groups in total. The number of hydrogen-bond donors (Lipinski definition) is 2. The minimum atomic E-state index is -2.89. The van der Waals surface area contributed by atoms with Crippen molar-refractivity contribution in [2.24, 2.45) is 0 Å². The highest BCUT2D eigenvalue weighted by Gasteiger charge is 2.53. The largest absolute Gasteiger partial charge is 0.695 e. The van der Waals surface area contributed by atoms with Crippen LogP contribution in [0.5, 0.6) is 0 Å². The molecule has 0 aromatic heterocycles. The molecule has 10 atom stereocenters. The number of aliphatic hydroxyl groups is 1. The highest BCUT2D eigenvalue weighted by atomic mass is 31.2. The van der Waals surface area contributed by atoms with Crippen LogP contribution in [0.25, 0.3) is 0 Å². The third kappa shape index (κ3) is 9.00. The molecule has 2 fully saturated rings. The minimum absolute atomic E-state index is 0.0177. The Balaban J connectivity index is 2.19. The predicted octanol–water partition coefficient (Wildman–Crippen LogP) is 5.68. The second kappa shape index (κ2) is 13.2. The predicted molar refractivity (Wildman–Crippen MR) is 165 cm³/mol. The van der Waals surface area contributed by atoms with Crippen molar-refractivity contribution in [1.82, 2.24) is 0 Å². The molecule has 0 aliphatic carbocycles. The van der Waals surface area contributed by atoms with Gasteiger partial charge in [0.05, 0.1) is 25.4 Å². The van der Waals surface area contributed by atoms with Crippen molar-refractivity contribution >= 4 is 38.5 Å². The second-order valence-electron chi connectivity index (χ2n) is 14.3. The molecule has 2 heterocycles. The molecular weight excluding hydrogens is 590 g/mol. The molecule has 0 radical (unpaired) electrons. The summed E-state index contributed by atoms with van der Waals surface area (Å²) in [6.07, 6.45) is 0.0786. The lowest BCUT2D eigenvalue weighted by Gasteiger charge is -2.41. The van der Waals surface area contributed by atoms with E-state index in [1.807, 2.05) is 13.8 Å². The van der Waals surface area contributed by atoms with Crippen LogP contribution in [0.4, 0.5) is 0 Å². The van der Waals surface area contributed by atoms with Gasteiger partial charge in [0.2, 0.25) is 0 Å². The summed E-state index contributed by atoms with van der Waals surface area (Å²) in [4.78, 5) is 9.64. The van der Waals surface area contributed by atoms with E-state index in [1.165, 1.54) is 0 Å². The van der Waals surface area contributed by atoms with Gasteiger partial charge in [0.1, 0.15) is 37.9 Å². The first kappa shape index (κ1) is 36.7. The molecule has 2 rings (SSSR count). The van der Waals surface area contributed by atoms with Gasteiger partial charge in [-0.15, -0.1) is 9.42 Å². The van der Waals surface area contributed by atoms with E-state index in [4.69, 9.17) is 31.9 Å². The summed E-state index contributed by atoms with van der Waals surface area (Å²) in [5.41, 5.74) is 0. The Bertz CT molecular complexity index is 920. The summed E-state index contributed by atoms with van der Waals surface area (Å²) in [6.45, 7) is 26.9. The highest BCUT2D eigenvalue weighted by Crippen LogP contribution is 2.50. The second-order valence-corrected chi connectivity index (χ2v) is 27.0. The molecule has 236 valence electrons. The van der Waals surface area contributed by atoms with Gasteiger partial charge < -0.3 is 32.5 Å². The molecule has 10 nitrogen and oxygen atoms in total. The van der Waals surface area contributed by atoms with Crippen molar-refractivity contribution in [3.63, 3.8) is 0 Å². The van der Waals surface area contributed by atoms with Gasteiger partial charge in [-0.3, -0.25) is 0 Å². The summed E-state index contributed by atoms with van der Waals surface area (Å²) < 4.78 is 55.4. The zero-order chi connectivity index (χ0) is 31.1. The van der Waals surface area contributed by atoms with Gasteiger partial charge in [0.15, 0.2) is 22.7 Å². The molecule has 14 heteroatoms. The number of aliphatic hydroxyl groups excluding tert-OH is 1. The van der Waals surface area contributed by atoms with E-state index < -0.39 is 62.7 Å². The third-order valence-corrected chi connectivity index (χ3v) is 19.6. The topological polar surface area (TPSA) is 122 Å². The van der Waals surface area contributed by atoms with Crippen LogP contribution in [-0.2, 0) is 36.5 Å². The van der Waals surface area contributed by atoms with E-state index in [0.717, 1.165) is 0 Å². The van der Waals surface area contributed by atoms with Crippen molar-refractivity contribution in [2.75, 3.05) is 19.9 Å². The average Bonchev–Trinajstić information content (AvgIpc) is 3.20. The Morgan fingerprint density at radius 2 is 1.27 bits per heavy atom. The Hall–Kier alpha value is 0.474. The monoisotopic (exact) mass is 645 g/mol. The Morgan fingerprint density at radius 1 is 0.850 bits per heavy atom. The van der Waals surface area contributed by atoms with Crippen molar-refractivity contribution < 1.29 is 46.5 Å². The zero-order valence-electron chi connectivity index (χ0n) is 26.8. The van der Waals surface area contributed by atoms with Crippen LogP contribution in [-0.4, -0.2) is 102 Å². The van der Waals surface area contributed by atoms with Gasteiger partial charge in [-0.25, -0.2) is 0 Å². The first-order chi connectivity index (χ1) is 17.9. The van der Waals surface area contributed by atoms with E-state index in [1.54, 1.807) is 6.66 Å². The van der Waals surface area contributed by atoms with Crippen LogP contribution in [0.1, 0.15) is 55.4 Å². The molecule has 40 heavy (non-hydrogen) atoms. The smallest absolute Gasteiger partial charge is 0.409 e. The normalized spacial score (nSPS) is 34.2. The lowest BCUT2D eigenvalue weighted by Crippen LogP contribution is -2.49. The van der Waals surface area contributed by atoms with Crippen molar-refractivity contribution in [1.29, 1.82) is 0 Å². The third-order valence-electron chi connectivity index (χ3n) is 8.81. The van der Waals surface area contributed by atoms with E-state index >= 15 is 0 Å². The van der Waals surface area contributed by atoms with Gasteiger partial charge in [0, 0.05) is 11.2 Å². The lowest BCUT2D eigenvalue weighted by molar-refractivity contribution is -0.0201. The van der Waals surface area contributed by atoms with E-state index in [2.05, 4.69) is 74.0 Å². The van der Waals surface area contributed by atoms with Crippen LogP contribution in [0.3, 0.4) is 0 Å². The van der Waals surface area contributed by atoms with Crippen molar-refractivity contribution in [3.05, 3.63) is 0 Å². The first-order valence-corrected chi connectivity index (χ1v) is 23.3. The van der Waals surface area contributed by atoms with Gasteiger partial charge in [-0.1, -0.05) is 47.8 Å². The average molecular weight is 646 g/mol. The van der Waals surface area contributed by atoms with Crippen LogP contribution < -0.4 is 0 Å². The number of rotatable bonds is 12. The van der Waals surface area contributed by atoms with E-state index in [9.17, 15) is 14.6 Å². The van der Waals surface area contributed by atoms with E-state index in [-0.39, 0.29) is 41.6 Å². The molecule has 4 unspecified atom stereocenters. The molecular formula is C26H55O10P2Si2+. The molecule has 0 aromatic carbocycles. The highest BCUT2D eigenvalue weighted by molar-refractivity contribution is 7.63.